The van der Waals surface area contributed by atoms with Crippen LogP contribution in [0.3, 0.4) is 0 Å². The lowest BCUT2D eigenvalue weighted by Crippen LogP contribution is -2.49. The van der Waals surface area contributed by atoms with Gasteiger partial charge in [0.05, 0.1) is 11.6 Å². The van der Waals surface area contributed by atoms with Gasteiger partial charge in [0.2, 0.25) is 0 Å². The highest BCUT2D eigenvalue weighted by Crippen LogP contribution is 2.37. The van der Waals surface area contributed by atoms with Crippen molar-refractivity contribution in [2.24, 2.45) is 5.92 Å². The number of hydrogen-bond donors (Lipinski definition) is 3. The fraction of sp³-hybridized carbons (Fsp3) is 0.462. The molecule has 0 bridgehead atoms. The minimum Gasteiger partial charge on any atom is -0.480 e. The molecule has 0 aliphatic carbocycles. The molecule has 6 nitrogen and oxygen atoms in total. The third-order valence-electron chi connectivity index (χ3n) is 3.17. The Bertz CT molecular complexity index is 553. The molecular weight excluding hydrogens is 280 g/mol. The molecule has 2 atom stereocenters. The second-order valence-electron chi connectivity index (χ2n) is 5.23. The molecule has 1 aromatic rings. The number of hydrogen-bond acceptors (Lipinski definition) is 5. The van der Waals surface area contributed by atoms with Gasteiger partial charge in [-0.3, -0.25) is 5.32 Å². The summed E-state index contributed by atoms with van der Waals surface area (Å²) >= 11 is 1.30. The topological polar surface area (TPSA) is 99.5 Å². The highest BCUT2D eigenvalue weighted by atomic mass is 32.1. The molecule has 0 aromatic carbocycles. The Morgan fingerprint density at radius 2 is 2.20 bits per heavy atom. The molecule has 3 N–H and O–H groups in total. The van der Waals surface area contributed by atoms with Gasteiger partial charge in [-0.05, 0) is 18.4 Å². The van der Waals surface area contributed by atoms with Crippen molar-refractivity contribution in [1.29, 1.82) is 0 Å². The van der Waals surface area contributed by atoms with Gasteiger partial charge in [0.25, 0.3) is 0 Å². The van der Waals surface area contributed by atoms with Crippen LogP contribution in [0.5, 0.6) is 0 Å². The van der Waals surface area contributed by atoms with Crippen LogP contribution in [-0.4, -0.2) is 32.7 Å². The Labute approximate surface area is 120 Å². The molecular formula is C13H16N2O4S. The number of rotatable bonds is 5. The Morgan fingerprint density at radius 1 is 1.50 bits per heavy atom. The summed E-state index contributed by atoms with van der Waals surface area (Å²) in [4.78, 5) is 27.1. The van der Waals surface area contributed by atoms with E-state index in [0.717, 1.165) is 0 Å². The average molecular weight is 296 g/mol. The molecule has 20 heavy (non-hydrogen) atoms. The van der Waals surface area contributed by atoms with E-state index < -0.39 is 23.5 Å². The maximum Gasteiger partial charge on any atom is 0.333 e. The lowest BCUT2D eigenvalue weighted by Gasteiger charge is -2.26. The SMILES string of the molecule is CC(C)C[C@@]1(C(=O)O)C=C(C(=O)O)[C@H](c2nccs2)N1. The first-order chi connectivity index (χ1) is 9.35. The predicted octanol–water partition coefficient (Wildman–Crippen LogP) is 1.67. The van der Waals surface area contributed by atoms with Gasteiger partial charge < -0.3 is 10.2 Å². The van der Waals surface area contributed by atoms with Crippen molar-refractivity contribution in [3.63, 3.8) is 0 Å². The quantitative estimate of drug-likeness (QED) is 0.764. The van der Waals surface area contributed by atoms with Crippen LogP contribution in [0.4, 0.5) is 0 Å². The van der Waals surface area contributed by atoms with Crippen LogP contribution >= 0.6 is 11.3 Å². The normalized spacial score (nSPS) is 25.8. The molecule has 0 saturated heterocycles. The van der Waals surface area contributed by atoms with E-state index in [-0.39, 0.29) is 11.5 Å². The zero-order valence-electron chi connectivity index (χ0n) is 11.2. The molecule has 0 unspecified atom stereocenters. The largest absolute Gasteiger partial charge is 0.480 e. The number of carbonyl (C=O) groups is 2. The summed E-state index contributed by atoms with van der Waals surface area (Å²) in [5, 5.41) is 24.1. The van der Waals surface area contributed by atoms with E-state index >= 15 is 0 Å². The third kappa shape index (κ3) is 2.59. The number of thiazole rings is 1. The smallest absolute Gasteiger partial charge is 0.333 e. The van der Waals surface area contributed by atoms with Gasteiger partial charge in [0.1, 0.15) is 10.5 Å². The monoisotopic (exact) mass is 296 g/mol. The Kier molecular flexibility index (Phi) is 3.92. The lowest BCUT2D eigenvalue weighted by molar-refractivity contribution is -0.143. The Hall–Kier alpha value is -1.73. The van der Waals surface area contributed by atoms with Gasteiger partial charge in [-0.2, -0.15) is 0 Å². The number of carboxylic acid groups (broad SMARTS) is 2. The number of carboxylic acids is 2. The molecule has 108 valence electrons. The first-order valence-electron chi connectivity index (χ1n) is 6.22. The number of nitrogens with one attached hydrogen (secondary N) is 1. The molecule has 2 heterocycles. The van der Waals surface area contributed by atoms with E-state index in [9.17, 15) is 19.8 Å². The van der Waals surface area contributed by atoms with Crippen molar-refractivity contribution in [3.8, 4) is 0 Å². The predicted molar refractivity (Wildman–Crippen MR) is 73.5 cm³/mol. The first-order valence-corrected chi connectivity index (χ1v) is 7.10. The molecule has 0 radical (unpaired) electrons. The summed E-state index contributed by atoms with van der Waals surface area (Å²) in [5.74, 6) is -2.08. The molecule has 1 aliphatic heterocycles. The first kappa shape index (κ1) is 14.7. The minimum absolute atomic E-state index is 0.0444. The van der Waals surface area contributed by atoms with Gasteiger partial charge in [-0.1, -0.05) is 13.8 Å². The van der Waals surface area contributed by atoms with Crippen molar-refractivity contribution in [1.82, 2.24) is 10.3 Å². The van der Waals surface area contributed by atoms with E-state index in [1.807, 2.05) is 13.8 Å². The third-order valence-corrected chi connectivity index (χ3v) is 4.01. The summed E-state index contributed by atoms with van der Waals surface area (Å²) in [5.41, 5.74) is -1.30. The van der Waals surface area contributed by atoms with Crippen LogP contribution in [0.25, 0.3) is 0 Å². The highest BCUT2D eigenvalue weighted by molar-refractivity contribution is 7.09. The van der Waals surface area contributed by atoms with Gasteiger partial charge >= 0.3 is 11.9 Å². The van der Waals surface area contributed by atoms with E-state index in [4.69, 9.17) is 0 Å². The van der Waals surface area contributed by atoms with Crippen molar-refractivity contribution in [2.75, 3.05) is 0 Å². The second-order valence-corrected chi connectivity index (χ2v) is 6.15. The van der Waals surface area contributed by atoms with E-state index in [0.29, 0.717) is 11.4 Å². The molecule has 1 aromatic heterocycles. The van der Waals surface area contributed by atoms with Gasteiger partial charge in [0.15, 0.2) is 0 Å². The van der Waals surface area contributed by atoms with Gasteiger partial charge in [-0.15, -0.1) is 11.3 Å². The van der Waals surface area contributed by atoms with E-state index in [2.05, 4.69) is 10.3 Å². The number of aliphatic carboxylic acids is 2. The summed E-state index contributed by atoms with van der Waals surface area (Å²) < 4.78 is 0. The molecule has 0 amide bonds. The highest BCUT2D eigenvalue weighted by Gasteiger charge is 2.47. The number of nitrogens with zero attached hydrogens (tertiary/aromatic N) is 1. The summed E-state index contributed by atoms with van der Waals surface area (Å²) in [7, 11) is 0. The zero-order chi connectivity index (χ0) is 14.9. The maximum atomic E-state index is 11.6. The Morgan fingerprint density at radius 3 is 2.65 bits per heavy atom. The van der Waals surface area contributed by atoms with Crippen molar-refractivity contribution in [3.05, 3.63) is 28.2 Å². The fourth-order valence-electron chi connectivity index (χ4n) is 2.46. The maximum absolute atomic E-state index is 11.6. The standard InChI is InChI=1S/C13H16N2O4S/c1-7(2)5-13(12(18)19)6-8(11(16)17)9(15-13)10-14-3-4-20-10/h3-4,6-7,9,15H,5H2,1-2H3,(H,16,17)(H,18,19)/t9-,13+/m1/s1. The van der Waals surface area contributed by atoms with Crippen LogP contribution in [0.2, 0.25) is 0 Å². The van der Waals surface area contributed by atoms with Crippen LogP contribution < -0.4 is 5.32 Å². The molecule has 1 aliphatic rings. The minimum atomic E-state index is -1.35. The van der Waals surface area contributed by atoms with Crippen LogP contribution in [0.1, 0.15) is 31.3 Å². The summed E-state index contributed by atoms with van der Waals surface area (Å²) in [6.07, 6.45) is 3.22. The van der Waals surface area contributed by atoms with E-state index in [1.165, 1.54) is 17.4 Å². The van der Waals surface area contributed by atoms with Gasteiger partial charge in [-0.25, -0.2) is 14.6 Å². The van der Waals surface area contributed by atoms with Gasteiger partial charge in [0, 0.05) is 11.6 Å². The molecule has 0 fully saturated rings. The summed E-state index contributed by atoms with van der Waals surface area (Å²) in [6.45, 7) is 3.80. The van der Waals surface area contributed by atoms with E-state index in [1.54, 1.807) is 11.6 Å². The average Bonchev–Trinajstić information content (AvgIpc) is 2.94. The lowest BCUT2D eigenvalue weighted by atomic mass is 9.89. The Balaban J connectivity index is 2.43. The summed E-state index contributed by atoms with van der Waals surface area (Å²) in [6, 6.07) is -0.678. The van der Waals surface area contributed by atoms with Crippen LogP contribution in [-0.2, 0) is 9.59 Å². The van der Waals surface area contributed by atoms with Crippen molar-refractivity contribution >= 4 is 23.3 Å². The molecule has 2 rings (SSSR count). The zero-order valence-corrected chi connectivity index (χ0v) is 12.0. The van der Waals surface area contributed by atoms with Crippen LogP contribution in [0.15, 0.2) is 23.2 Å². The van der Waals surface area contributed by atoms with Crippen molar-refractivity contribution < 1.29 is 19.8 Å². The molecule has 0 spiro atoms. The molecule has 0 saturated carbocycles. The van der Waals surface area contributed by atoms with Crippen LogP contribution in [0, 0.1) is 5.92 Å². The fourth-order valence-corrected chi connectivity index (χ4v) is 3.16. The second kappa shape index (κ2) is 5.34. The van der Waals surface area contributed by atoms with Crippen molar-refractivity contribution in [2.45, 2.75) is 31.8 Å². The molecule has 7 heteroatoms. The number of aromatic nitrogens is 1.